The first kappa shape index (κ1) is 15.0. The van der Waals surface area contributed by atoms with Gasteiger partial charge in [-0.2, -0.15) is 0 Å². The van der Waals surface area contributed by atoms with Gasteiger partial charge >= 0.3 is 0 Å². The predicted octanol–water partition coefficient (Wildman–Crippen LogP) is 3.15. The van der Waals surface area contributed by atoms with Crippen molar-refractivity contribution in [1.29, 1.82) is 0 Å². The van der Waals surface area contributed by atoms with Gasteiger partial charge in [-0.15, -0.1) is 0 Å². The minimum Gasteiger partial charge on any atom is -0.490 e. The number of ether oxygens (including phenoxy) is 2. The van der Waals surface area contributed by atoms with E-state index in [1.165, 1.54) is 32.1 Å². The van der Waals surface area contributed by atoms with Crippen LogP contribution in [-0.2, 0) is 0 Å². The lowest BCUT2D eigenvalue weighted by Gasteiger charge is -2.19. The van der Waals surface area contributed by atoms with E-state index in [1.54, 1.807) is 0 Å². The van der Waals surface area contributed by atoms with Gasteiger partial charge in [0, 0.05) is 24.7 Å². The molecule has 1 fully saturated rings. The molecule has 0 bridgehead atoms. The highest BCUT2D eigenvalue weighted by molar-refractivity contribution is 5.92. The molecule has 0 radical (unpaired) electrons. The topological polar surface area (TPSA) is 68.9 Å². The molecule has 0 aromatic heterocycles. The first-order valence-electron chi connectivity index (χ1n) is 8.28. The van der Waals surface area contributed by atoms with Crippen molar-refractivity contribution in [1.82, 2.24) is 0 Å². The molecule has 1 aliphatic heterocycles. The molecular formula is C17H25N3O2. The van der Waals surface area contributed by atoms with Crippen molar-refractivity contribution in [2.24, 2.45) is 16.6 Å². The number of hydrogen-bond donors (Lipinski definition) is 2. The van der Waals surface area contributed by atoms with E-state index >= 15 is 0 Å². The molecule has 0 atom stereocenters. The molecule has 120 valence electrons. The third-order valence-electron chi connectivity index (χ3n) is 4.26. The van der Waals surface area contributed by atoms with Crippen LogP contribution in [0.4, 0.5) is 5.69 Å². The molecule has 0 spiro atoms. The Bertz CT molecular complexity index is 525. The van der Waals surface area contributed by atoms with Crippen molar-refractivity contribution >= 4 is 11.6 Å². The van der Waals surface area contributed by atoms with Gasteiger partial charge in [-0.1, -0.05) is 19.3 Å². The summed E-state index contributed by atoms with van der Waals surface area (Å²) in [6.45, 7) is 2.20. The average Bonchev–Trinajstić information content (AvgIpc) is 2.79. The van der Waals surface area contributed by atoms with Gasteiger partial charge in [-0.3, -0.25) is 4.99 Å². The summed E-state index contributed by atoms with van der Waals surface area (Å²) in [6.07, 6.45) is 7.49. The van der Waals surface area contributed by atoms with Crippen molar-refractivity contribution in [3.63, 3.8) is 0 Å². The maximum Gasteiger partial charge on any atom is 0.193 e. The molecule has 0 amide bonds. The Kier molecular flexibility index (Phi) is 5.03. The van der Waals surface area contributed by atoms with Crippen LogP contribution >= 0.6 is 0 Å². The maximum absolute atomic E-state index is 6.00. The van der Waals surface area contributed by atoms with Gasteiger partial charge in [0.05, 0.1) is 13.2 Å². The predicted molar refractivity (Wildman–Crippen MR) is 88.7 cm³/mol. The average molecular weight is 303 g/mol. The normalized spacial score (nSPS) is 19.5. The summed E-state index contributed by atoms with van der Waals surface area (Å²) < 4.78 is 11.3. The standard InChI is InChI=1S/C17H25N3O2/c18-17(19-12-13-5-2-1-3-6-13)20-14-7-8-15-16(11-14)22-10-4-9-21-15/h7-8,11,13H,1-6,9-10,12H2,(H3,18,19,20). The number of nitrogens with one attached hydrogen (secondary N) is 1. The monoisotopic (exact) mass is 303 g/mol. The third-order valence-corrected chi connectivity index (χ3v) is 4.26. The summed E-state index contributed by atoms with van der Waals surface area (Å²) in [5.41, 5.74) is 6.88. The lowest BCUT2D eigenvalue weighted by atomic mass is 9.89. The number of benzene rings is 1. The lowest BCUT2D eigenvalue weighted by molar-refractivity contribution is 0.297. The first-order valence-corrected chi connectivity index (χ1v) is 8.28. The van der Waals surface area contributed by atoms with Crippen LogP contribution in [0.15, 0.2) is 23.2 Å². The van der Waals surface area contributed by atoms with Crippen molar-refractivity contribution in [2.75, 3.05) is 25.1 Å². The molecule has 3 rings (SSSR count). The fourth-order valence-corrected chi connectivity index (χ4v) is 3.03. The number of rotatable bonds is 3. The Balaban J connectivity index is 1.58. The molecule has 0 saturated heterocycles. The molecule has 22 heavy (non-hydrogen) atoms. The maximum atomic E-state index is 6.00. The van der Waals surface area contributed by atoms with E-state index in [-0.39, 0.29) is 0 Å². The van der Waals surface area contributed by atoms with Crippen molar-refractivity contribution in [3.8, 4) is 11.5 Å². The van der Waals surface area contributed by atoms with E-state index < -0.39 is 0 Å². The lowest BCUT2D eigenvalue weighted by Crippen LogP contribution is -2.24. The molecule has 1 aliphatic carbocycles. The minimum atomic E-state index is 0.472. The van der Waals surface area contributed by atoms with Crippen LogP contribution in [0.2, 0.25) is 0 Å². The number of guanidine groups is 1. The largest absolute Gasteiger partial charge is 0.490 e. The molecule has 1 heterocycles. The van der Waals surface area contributed by atoms with Crippen LogP contribution in [0.1, 0.15) is 38.5 Å². The Morgan fingerprint density at radius 3 is 2.68 bits per heavy atom. The second kappa shape index (κ2) is 7.38. The van der Waals surface area contributed by atoms with Crippen LogP contribution in [0.3, 0.4) is 0 Å². The van der Waals surface area contributed by atoms with Crippen molar-refractivity contribution in [2.45, 2.75) is 38.5 Å². The van der Waals surface area contributed by atoms with Gasteiger partial charge in [0.15, 0.2) is 17.5 Å². The van der Waals surface area contributed by atoms with Crippen LogP contribution in [0.5, 0.6) is 11.5 Å². The zero-order valence-electron chi connectivity index (χ0n) is 13.0. The Morgan fingerprint density at radius 2 is 1.86 bits per heavy atom. The van der Waals surface area contributed by atoms with Gasteiger partial charge in [0.2, 0.25) is 0 Å². The molecule has 0 unspecified atom stereocenters. The molecule has 5 nitrogen and oxygen atoms in total. The second-order valence-electron chi connectivity index (χ2n) is 6.07. The van der Waals surface area contributed by atoms with E-state index in [9.17, 15) is 0 Å². The SMILES string of the molecule is NC(=NCC1CCCCC1)Nc1ccc2c(c1)OCCCO2. The number of aliphatic imine (C=N–C) groups is 1. The highest BCUT2D eigenvalue weighted by Gasteiger charge is 2.13. The number of nitrogens with zero attached hydrogens (tertiary/aromatic N) is 1. The molecule has 3 N–H and O–H groups in total. The third kappa shape index (κ3) is 4.06. The van der Waals surface area contributed by atoms with Crippen LogP contribution in [-0.4, -0.2) is 25.7 Å². The number of nitrogens with two attached hydrogens (primary N) is 1. The summed E-state index contributed by atoms with van der Waals surface area (Å²) in [6, 6.07) is 5.78. The molecular weight excluding hydrogens is 278 g/mol. The summed E-state index contributed by atoms with van der Waals surface area (Å²) in [5.74, 6) is 2.72. The summed E-state index contributed by atoms with van der Waals surface area (Å²) in [7, 11) is 0. The zero-order valence-corrected chi connectivity index (χ0v) is 13.0. The molecule has 1 aromatic rings. The smallest absolute Gasteiger partial charge is 0.193 e. The fraction of sp³-hybridized carbons (Fsp3) is 0.588. The van der Waals surface area contributed by atoms with Gasteiger partial charge in [0.1, 0.15) is 0 Å². The summed E-state index contributed by atoms with van der Waals surface area (Å²) >= 11 is 0. The van der Waals surface area contributed by atoms with Gasteiger partial charge < -0.3 is 20.5 Å². The number of anilines is 1. The molecule has 5 heteroatoms. The van der Waals surface area contributed by atoms with E-state index in [0.29, 0.717) is 25.1 Å². The van der Waals surface area contributed by atoms with Crippen molar-refractivity contribution < 1.29 is 9.47 Å². The van der Waals surface area contributed by atoms with Gasteiger partial charge in [0.25, 0.3) is 0 Å². The Labute approximate surface area is 131 Å². The quantitative estimate of drug-likeness (QED) is 0.665. The number of hydrogen-bond acceptors (Lipinski definition) is 3. The highest BCUT2D eigenvalue weighted by atomic mass is 16.5. The summed E-state index contributed by atoms with van der Waals surface area (Å²) in [5, 5.41) is 3.14. The van der Waals surface area contributed by atoms with E-state index in [2.05, 4.69) is 10.3 Å². The summed E-state index contributed by atoms with van der Waals surface area (Å²) in [4.78, 5) is 4.48. The minimum absolute atomic E-state index is 0.472. The highest BCUT2D eigenvalue weighted by Crippen LogP contribution is 2.32. The molecule has 1 aromatic carbocycles. The first-order chi connectivity index (χ1) is 10.8. The Hall–Kier alpha value is -1.91. The van der Waals surface area contributed by atoms with Crippen LogP contribution in [0.25, 0.3) is 0 Å². The van der Waals surface area contributed by atoms with E-state index in [1.807, 2.05) is 18.2 Å². The van der Waals surface area contributed by atoms with Crippen molar-refractivity contribution in [3.05, 3.63) is 18.2 Å². The van der Waals surface area contributed by atoms with Gasteiger partial charge in [-0.05, 0) is 30.9 Å². The zero-order chi connectivity index (χ0) is 15.2. The second-order valence-corrected chi connectivity index (χ2v) is 6.07. The Morgan fingerprint density at radius 1 is 1.09 bits per heavy atom. The fourth-order valence-electron chi connectivity index (χ4n) is 3.03. The number of fused-ring (bicyclic) bond motifs is 1. The van der Waals surface area contributed by atoms with E-state index in [0.717, 1.165) is 30.2 Å². The van der Waals surface area contributed by atoms with E-state index in [4.69, 9.17) is 15.2 Å². The molecule has 2 aliphatic rings. The van der Waals surface area contributed by atoms with Crippen LogP contribution in [0, 0.1) is 5.92 Å². The molecule has 1 saturated carbocycles. The van der Waals surface area contributed by atoms with Crippen LogP contribution < -0.4 is 20.5 Å². The van der Waals surface area contributed by atoms with Gasteiger partial charge in [-0.25, -0.2) is 0 Å².